The Bertz CT molecular complexity index is 179. The predicted octanol–water partition coefficient (Wildman–Crippen LogP) is 2.97. The summed E-state index contributed by atoms with van der Waals surface area (Å²) < 4.78 is 0. The first-order valence-electron chi connectivity index (χ1n) is 5.94. The molecule has 92 valence electrons. The first kappa shape index (κ1) is 14.9. The van der Waals surface area contributed by atoms with Crippen molar-refractivity contribution in [2.24, 2.45) is 10.8 Å². The van der Waals surface area contributed by atoms with Gasteiger partial charge in [-0.05, 0) is 30.1 Å². The van der Waals surface area contributed by atoms with E-state index in [1.807, 2.05) is 13.8 Å². The zero-order chi connectivity index (χ0) is 12.3. The summed E-state index contributed by atoms with van der Waals surface area (Å²) in [7, 11) is 0. The van der Waals surface area contributed by atoms with Crippen molar-refractivity contribution in [3.8, 4) is 0 Å². The summed E-state index contributed by atoms with van der Waals surface area (Å²) in [6.07, 6.45) is 1.34. The molecule has 0 saturated carbocycles. The first-order valence-corrected chi connectivity index (χ1v) is 5.94. The van der Waals surface area contributed by atoms with E-state index in [0.29, 0.717) is 6.42 Å². The van der Waals surface area contributed by atoms with E-state index >= 15 is 0 Å². The molecule has 0 aliphatic heterocycles. The van der Waals surface area contributed by atoms with Crippen molar-refractivity contribution < 1.29 is 10.2 Å². The molecule has 0 spiro atoms. The summed E-state index contributed by atoms with van der Waals surface area (Å²) in [6.45, 7) is 12.5. The summed E-state index contributed by atoms with van der Waals surface area (Å²) >= 11 is 0. The lowest BCUT2D eigenvalue weighted by atomic mass is 9.79. The highest BCUT2D eigenvalue weighted by Gasteiger charge is 2.29. The predicted molar refractivity (Wildman–Crippen MR) is 64.8 cm³/mol. The second-order valence-electron chi connectivity index (χ2n) is 6.51. The molecule has 0 aliphatic carbocycles. The number of aliphatic hydroxyl groups excluding tert-OH is 2. The van der Waals surface area contributed by atoms with Gasteiger partial charge in [0.05, 0.1) is 12.2 Å². The summed E-state index contributed by atoms with van der Waals surface area (Å²) in [5, 5.41) is 19.8. The molecule has 0 unspecified atom stereocenters. The summed E-state index contributed by atoms with van der Waals surface area (Å²) in [6, 6.07) is 0. The number of rotatable bonds is 5. The Labute approximate surface area is 94.7 Å². The lowest BCUT2D eigenvalue weighted by molar-refractivity contribution is -0.00706. The van der Waals surface area contributed by atoms with Crippen LogP contribution < -0.4 is 0 Å². The molecule has 0 saturated heterocycles. The van der Waals surface area contributed by atoms with Gasteiger partial charge in [-0.2, -0.15) is 0 Å². The van der Waals surface area contributed by atoms with Crippen LogP contribution in [0.3, 0.4) is 0 Å². The number of aliphatic hydroxyl groups is 2. The quantitative estimate of drug-likeness (QED) is 0.741. The maximum Gasteiger partial charge on any atom is 0.0615 e. The van der Waals surface area contributed by atoms with Crippen LogP contribution in [0.2, 0.25) is 0 Å². The van der Waals surface area contributed by atoms with Gasteiger partial charge in [-0.25, -0.2) is 0 Å². The van der Waals surface area contributed by atoms with E-state index in [0.717, 1.165) is 12.8 Å². The van der Waals surface area contributed by atoms with Gasteiger partial charge in [-0.15, -0.1) is 0 Å². The SMILES string of the molecule is CCC(C)(C)[C@@H](O)C[C@@H](O)CC(C)(C)C. The van der Waals surface area contributed by atoms with Crippen LogP contribution in [0.25, 0.3) is 0 Å². The molecule has 2 N–H and O–H groups in total. The molecule has 0 bridgehead atoms. The maximum absolute atomic E-state index is 9.98. The van der Waals surface area contributed by atoms with Crippen LogP contribution in [0.4, 0.5) is 0 Å². The molecule has 2 nitrogen and oxygen atoms in total. The zero-order valence-electron chi connectivity index (χ0n) is 11.2. The van der Waals surface area contributed by atoms with Gasteiger partial charge in [-0.1, -0.05) is 41.5 Å². The second-order valence-corrected chi connectivity index (χ2v) is 6.51. The Hall–Kier alpha value is -0.0800. The first-order chi connectivity index (χ1) is 6.58. The third-order valence-electron chi connectivity index (χ3n) is 3.16. The van der Waals surface area contributed by atoms with Crippen molar-refractivity contribution in [3.63, 3.8) is 0 Å². The van der Waals surface area contributed by atoms with Gasteiger partial charge in [0.25, 0.3) is 0 Å². The van der Waals surface area contributed by atoms with Crippen molar-refractivity contribution in [2.45, 2.75) is 73.0 Å². The van der Waals surface area contributed by atoms with Gasteiger partial charge in [0, 0.05) is 0 Å². The Morgan fingerprint density at radius 2 is 1.47 bits per heavy atom. The van der Waals surface area contributed by atoms with Crippen LogP contribution in [0, 0.1) is 10.8 Å². The molecule has 0 radical (unpaired) electrons. The third kappa shape index (κ3) is 6.16. The van der Waals surface area contributed by atoms with Gasteiger partial charge < -0.3 is 10.2 Å². The maximum atomic E-state index is 9.98. The van der Waals surface area contributed by atoms with Gasteiger partial charge in [-0.3, -0.25) is 0 Å². The normalized spacial score (nSPS) is 17.6. The molecule has 0 rings (SSSR count). The molecule has 0 aliphatic rings. The molecular weight excluding hydrogens is 188 g/mol. The Morgan fingerprint density at radius 3 is 1.80 bits per heavy atom. The largest absolute Gasteiger partial charge is 0.393 e. The molecule has 0 aromatic rings. The number of hydrogen-bond acceptors (Lipinski definition) is 2. The van der Waals surface area contributed by atoms with Gasteiger partial charge >= 0.3 is 0 Å². The lowest BCUT2D eigenvalue weighted by Crippen LogP contribution is -2.33. The van der Waals surface area contributed by atoms with Crippen molar-refractivity contribution in [2.75, 3.05) is 0 Å². The topological polar surface area (TPSA) is 40.5 Å². The fraction of sp³-hybridized carbons (Fsp3) is 1.00. The van der Waals surface area contributed by atoms with Crippen molar-refractivity contribution in [1.29, 1.82) is 0 Å². The van der Waals surface area contributed by atoms with E-state index < -0.39 is 12.2 Å². The highest BCUT2D eigenvalue weighted by molar-refractivity contribution is 4.80. The molecular formula is C13H28O2. The minimum absolute atomic E-state index is 0.0983. The standard InChI is InChI=1S/C13H28O2/c1-7-13(5,6)11(15)8-10(14)9-12(2,3)4/h10-11,14-15H,7-9H2,1-6H3/t10-,11+/m1/s1. The smallest absolute Gasteiger partial charge is 0.0615 e. The molecule has 15 heavy (non-hydrogen) atoms. The van der Waals surface area contributed by atoms with Crippen LogP contribution in [0.15, 0.2) is 0 Å². The lowest BCUT2D eigenvalue weighted by Gasteiger charge is -2.32. The average Bonchev–Trinajstić information content (AvgIpc) is 2.00. The highest BCUT2D eigenvalue weighted by Crippen LogP contribution is 2.30. The Balaban J connectivity index is 4.13. The molecule has 2 heteroatoms. The third-order valence-corrected chi connectivity index (χ3v) is 3.16. The summed E-state index contributed by atoms with van der Waals surface area (Å²) in [5.41, 5.74) is 0.0222. The van der Waals surface area contributed by atoms with Crippen LogP contribution in [-0.2, 0) is 0 Å². The molecule has 0 amide bonds. The summed E-state index contributed by atoms with van der Waals surface area (Å²) in [5.74, 6) is 0. The van der Waals surface area contributed by atoms with Crippen molar-refractivity contribution >= 4 is 0 Å². The minimum atomic E-state index is -0.417. The van der Waals surface area contributed by atoms with Gasteiger partial charge in [0.2, 0.25) is 0 Å². The van der Waals surface area contributed by atoms with Crippen LogP contribution >= 0.6 is 0 Å². The van der Waals surface area contributed by atoms with Crippen molar-refractivity contribution in [1.82, 2.24) is 0 Å². The zero-order valence-corrected chi connectivity index (χ0v) is 11.2. The number of hydrogen-bond donors (Lipinski definition) is 2. The minimum Gasteiger partial charge on any atom is -0.393 e. The van der Waals surface area contributed by atoms with E-state index in [2.05, 4.69) is 27.7 Å². The van der Waals surface area contributed by atoms with Crippen LogP contribution in [-0.4, -0.2) is 22.4 Å². The Morgan fingerprint density at radius 1 is 1.00 bits per heavy atom. The van der Waals surface area contributed by atoms with Crippen LogP contribution in [0.5, 0.6) is 0 Å². The highest BCUT2D eigenvalue weighted by atomic mass is 16.3. The average molecular weight is 216 g/mol. The fourth-order valence-electron chi connectivity index (χ4n) is 1.60. The van der Waals surface area contributed by atoms with E-state index in [1.165, 1.54) is 0 Å². The summed E-state index contributed by atoms with van der Waals surface area (Å²) in [4.78, 5) is 0. The Kier molecular flexibility index (Phi) is 5.28. The van der Waals surface area contributed by atoms with E-state index in [1.54, 1.807) is 0 Å². The molecule has 2 atom stereocenters. The molecule has 0 aromatic carbocycles. The van der Waals surface area contributed by atoms with Gasteiger partial charge in [0.15, 0.2) is 0 Å². The van der Waals surface area contributed by atoms with E-state index in [-0.39, 0.29) is 10.8 Å². The van der Waals surface area contributed by atoms with Gasteiger partial charge in [0.1, 0.15) is 0 Å². The van der Waals surface area contributed by atoms with Crippen LogP contribution in [0.1, 0.15) is 60.8 Å². The second kappa shape index (κ2) is 5.31. The van der Waals surface area contributed by atoms with E-state index in [9.17, 15) is 10.2 Å². The molecule has 0 fully saturated rings. The van der Waals surface area contributed by atoms with E-state index in [4.69, 9.17) is 0 Å². The molecule has 0 aromatic heterocycles. The monoisotopic (exact) mass is 216 g/mol. The van der Waals surface area contributed by atoms with Crippen molar-refractivity contribution in [3.05, 3.63) is 0 Å². The molecule has 0 heterocycles. The fourth-order valence-corrected chi connectivity index (χ4v) is 1.60.